The smallest absolute Gasteiger partial charge is 0.248 e. The molecule has 1 aromatic rings. The summed E-state index contributed by atoms with van der Waals surface area (Å²) in [5.41, 5.74) is 0.875. The number of nitrogens with zero attached hydrogens (tertiary/aromatic N) is 1. The van der Waals surface area contributed by atoms with Gasteiger partial charge < -0.3 is 0 Å². The van der Waals surface area contributed by atoms with Crippen molar-refractivity contribution < 1.29 is 13.2 Å². The lowest BCUT2D eigenvalue weighted by Gasteiger charge is -2.10. The summed E-state index contributed by atoms with van der Waals surface area (Å²) in [6.07, 6.45) is -1.74. The van der Waals surface area contributed by atoms with Gasteiger partial charge in [-0.1, -0.05) is 13.0 Å². The van der Waals surface area contributed by atoms with Gasteiger partial charge in [0.15, 0.2) is 0 Å². The van der Waals surface area contributed by atoms with E-state index in [1.165, 1.54) is 0 Å². The summed E-state index contributed by atoms with van der Waals surface area (Å²) in [5.74, 6) is 0.398. The van der Waals surface area contributed by atoms with Gasteiger partial charge in [0.25, 0.3) is 0 Å². The molecule has 0 fully saturated rings. The Kier molecular flexibility index (Phi) is 2.44. The lowest BCUT2D eigenvalue weighted by Crippen LogP contribution is -2.09. The van der Waals surface area contributed by atoms with E-state index in [0.29, 0.717) is 18.0 Å². The number of fused-ring (bicyclic) bond motifs is 1. The van der Waals surface area contributed by atoms with Crippen LogP contribution in [0.3, 0.4) is 0 Å². The number of hydrogen-bond acceptors (Lipinski definition) is 1. The fraction of sp³-hybridized carbons (Fsp3) is 0.545. The van der Waals surface area contributed by atoms with Crippen molar-refractivity contribution in [1.29, 1.82) is 0 Å². The van der Waals surface area contributed by atoms with E-state index in [-0.39, 0.29) is 0 Å². The highest BCUT2D eigenvalue weighted by Crippen LogP contribution is 2.36. The fourth-order valence-electron chi connectivity index (χ4n) is 2.13. The minimum atomic E-state index is -4.32. The van der Waals surface area contributed by atoms with E-state index in [4.69, 9.17) is 0 Å². The zero-order valence-corrected chi connectivity index (χ0v) is 8.43. The molecule has 82 valence electrons. The predicted octanol–water partition coefficient (Wildman–Crippen LogP) is 3.54. The quantitative estimate of drug-likeness (QED) is 0.698. The lowest BCUT2D eigenvalue weighted by atomic mass is 10.0. The Balaban J connectivity index is 2.37. The molecule has 0 N–H and O–H groups in total. The number of aryl methyl sites for hydroxylation is 1. The Labute approximate surface area is 86.3 Å². The largest absolute Gasteiger partial charge is 0.433 e. The van der Waals surface area contributed by atoms with Crippen LogP contribution < -0.4 is 0 Å². The molecule has 0 radical (unpaired) electrons. The number of aromatic nitrogens is 1. The van der Waals surface area contributed by atoms with Gasteiger partial charge in [-0.15, -0.1) is 0 Å². The van der Waals surface area contributed by atoms with E-state index in [0.717, 1.165) is 24.5 Å². The van der Waals surface area contributed by atoms with E-state index in [1.54, 1.807) is 6.07 Å². The molecule has 4 heteroatoms. The maximum Gasteiger partial charge on any atom is 0.433 e. The lowest BCUT2D eigenvalue weighted by molar-refractivity contribution is -0.141. The number of rotatable bonds is 1. The normalized spacial score (nSPS) is 20.4. The molecule has 1 atom stereocenters. The zero-order chi connectivity index (χ0) is 11.1. The molecule has 0 spiro atoms. The molecule has 0 amide bonds. The third-order valence-corrected chi connectivity index (χ3v) is 2.96. The first-order chi connectivity index (χ1) is 7.02. The monoisotopic (exact) mass is 215 g/mol. The average molecular weight is 215 g/mol. The van der Waals surface area contributed by atoms with E-state index >= 15 is 0 Å². The van der Waals surface area contributed by atoms with E-state index < -0.39 is 11.9 Å². The van der Waals surface area contributed by atoms with Gasteiger partial charge in [0.1, 0.15) is 5.69 Å². The first-order valence-electron chi connectivity index (χ1n) is 5.09. The second-order valence-corrected chi connectivity index (χ2v) is 3.87. The van der Waals surface area contributed by atoms with Crippen LogP contribution in [-0.4, -0.2) is 4.98 Å². The number of alkyl halides is 3. The molecule has 0 bridgehead atoms. The minimum absolute atomic E-state index is 0.398. The maximum atomic E-state index is 12.4. The Morgan fingerprint density at radius 2 is 2.13 bits per heavy atom. The Bertz CT molecular complexity index is 371. The van der Waals surface area contributed by atoms with Gasteiger partial charge in [0.05, 0.1) is 0 Å². The molecular weight excluding hydrogens is 203 g/mol. The van der Waals surface area contributed by atoms with Crippen LogP contribution >= 0.6 is 0 Å². The van der Waals surface area contributed by atoms with Crippen LogP contribution in [0.5, 0.6) is 0 Å². The fourth-order valence-corrected chi connectivity index (χ4v) is 2.13. The molecule has 1 nitrogen and oxygen atoms in total. The molecule has 0 saturated heterocycles. The van der Waals surface area contributed by atoms with Crippen LogP contribution in [0.2, 0.25) is 0 Å². The molecule has 1 aliphatic rings. The van der Waals surface area contributed by atoms with Crippen molar-refractivity contribution >= 4 is 0 Å². The Hall–Kier alpha value is -1.06. The summed E-state index contributed by atoms with van der Waals surface area (Å²) in [6.45, 7) is 2.05. The van der Waals surface area contributed by atoms with E-state index in [9.17, 15) is 13.2 Å². The molecule has 0 aliphatic heterocycles. The van der Waals surface area contributed by atoms with Crippen molar-refractivity contribution in [3.8, 4) is 0 Å². The first kappa shape index (κ1) is 10.5. The highest BCUT2D eigenvalue weighted by atomic mass is 19.4. The third-order valence-electron chi connectivity index (χ3n) is 2.96. The molecule has 1 aliphatic carbocycles. The van der Waals surface area contributed by atoms with Gasteiger partial charge in [0.2, 0.25) is 0 Å². The summed E-state index contributed by atoms with van der Waals surface area (Å²) in [7, 11) is 0. The highest BCUT2D eigenvalue weighted by Gasteiger charge is 2.34. The van der Waals surface area contributed by atoms with Crippen LogP contribution in [0.15, 0.2) is 12.1 Å². The molecular formula is C11H12F3N. The van der Waals surface area contributed by atoms with Gasteiger partial charge in [-0.3, -0.25) is 0 Å². The van der Waals surface area contributed by atoms with Crippen LogP contribution in [-0.2, 0) is 12.6 Å². The number of pyridine rings is 1. The van der Waals surface area contributed by atoms with Crippen LogP contribution in [0.25, 0.3) is 0 Å². The standard InChI is InChI=1S/C11H12F3N/c1-2-7-3-5-9-8(7)4-6-10(15-9)11(12,13)14/h4,6-7H,2-3,5H2,1H3. The van der Waals surface area contributed by atoms with Crippen LogP contribution in [0.4, 0.5) is 13.2 Å². The molecule has 2 rings (SSSR count). The van der Waals surface area contributed by atoms with Crippen LogP contribution in [0, 0.1) is 0 Å². The Morgan fingerprint density at radius 1 is 1.40 bits per heavy atom. The molecule has 0 saturated carbocycles. The van der Waals surface area contributed by atoms with Gasteiger partial charge in [-0.25, -0.2) is 4.98 Å². The van der Waals surface area contributed by atoms with E-state index in [2.05, 4.69) is 11.9 Å². The van der Waals surface area contributed by atoms with Crippen molar-refractivity contribution in [2.45, 2.75) is 38.3 Å². The molecule has 0 aromatic carbocycles. The average Bonchev–Trinajstić information content (AvgIpc) is 2.58. The molecule has 1 heterocycles. The van der Waals surface area contributed by atoms with Gasteiger partial charge in [0, 0.05) is 5.69 Å². The summed E-state index contributed by atoms with van der Waals surface area (Å²) in [5, 5.41) is 0. The topological polar surface area (TPSA) is 12.9 Å². The first-order valence-corrected chi connectivity index (χ1v) is 5.09. The third kappa shape index (κ3) is 1.85. The second kappa shape index (κ2) is 3.51. The SMILES string of the molecule is CCC1CCc2nc(C(F)(F)F)ccc21. The van der Waals surface area contributed by atoms with Crippen LogP contribution in [0.1, 0.15) is 42.6 Å². The predicted molar refractivity (Wildman–Crippen MR) is 50.6 cm³/mol. The Morgan fingerprint density at radius 3 is 2.73 bits per heavy atom. The minimum Gasteiger partial charge on any atom is -0.248 e. The summed E-state index contributed by atoms with van der Waals surface area (Å²) >= 11 is 0. The summed E-state index contributed by atoms with van der Waals surface area (Å²) in [6, 6.07) is 2.68. The second-order valence-electron chi connectivity index (χ2n) is 3.87. The molecule has 1 unspecified atom stereocenters. The maximum absolute atomic E-state index is 12.4. The van der Waals surface area contributed by atoms with Crippen molar-refractivity contribution in [1.82, 2.24) is 4.98 Å². The van der Waals surface area contributed by atoms with Crippen molar-refractivity contribution in [3.63, 3.8) is 0 Å². The van der Waals surface area contributed by atoms with Crippen molar-refractivity contribution in [2.75, 3.05) is 0 Å². The number of hydrogen-bond donors (Lipinski definition) is 0. The molecule has 1 aromatic heterocycles. The van der Waals surface area contributed by atoms with Crippen molar-refractivity contribution in [3.05, 3.63) is 29.1 Å². The van der Waals surface area contributed by atoms with Gasteiger partial charge in [-0.2, -0.15) is 13.2 Å². The summed E-state index contributed by atoms with van der Waals surface area (Å²) in [4.78, 5) is 3.70. The van der Waals surface area contributed by atoms with E-state index in [1.807, 2.05) is 0 Å². The van der Waals surface area contributed by atoms with Crippen molar-refractivity contribution in [2.24, 2.45) is 0 Å². The molecule has 15 heavy (non-hydrogen) atoms. The zero-order valence-electron chi connectivity index (χ0n) is 8.43. The van der Waals surface area contributed by atoms with Gasteiger partial charge >= 0.3 is 6.18 Å². The summed E-state index contributed by atoms with van der Waals surface area (Å²) < 4.78 is 37.1. The highest BCUT2D eigenvalue weighted by molar-refractivity contribution is 5.31. The van der Waals surface area contributed by atoms with Gasteiger partial charge in [-0.05, 0) is 36.8 Å². The number of halogens is 3.